The van der Waals surface area contributed by atoms with Crippen molar-refractivity contribution in [3.05, 3.63) is 25.3 Å². The highest BCUT2D eigenvalue weighted by Gasteiger charge is 2.21. The van der Waals surface area contributed by atoms with Gasteiger partial charge < -0.3 is 9.64 Å². The minimum absolute atomic E-state index is 0.000741. The highest BCUT2D eigenvalue weighted by atomic mass is 16.5. The molecule has 14 heavy (non-hydrogen) atoms. The normalized spacial score (nSPS) is 20.4. The highest BCUT2D eigenvalue weighted by molar-refractivity contribution is 5.87. The van der Waals surface area contributed by atoms with E-state index in [0.29, 0.717) is 19.8 Å². The van der Waals surface area contributed by atoms with Gasteiger partial charge in [-0.2, -0.15) is 0 Å². The van der Waals surface area contributed by atoms with Crippen LogP contribution in [0.4, 0.5) is 0 Å². The quantitative estimate of drug-likeness (QED) is 0.472. The SMILES string of the molecule is C=CC.C=CC(=O)N1CCOCC1C. The van der Waals surface area contributed by atoms with Crippen molar-refractivity contribution < 1.29 is 9.53 Å². The minimum Gasteiger partial charge on any atom is -0.377 e. The fraction of sp³-hybridized carbons (Fsp3) is 0.545. The summed E-state index contributed by atoms with van der Waals surface area (Å²) in [6.07, 6.45) is 3.10. The van der Waals surface area contributed by atoms with Crippen LogP contribution in [-0.2, 0) is 9.53 Å². The fourth-order valence-electron chi connectivity index (χ4n) is 1.17. The van der Waals surface area contributed by atoms with Crippen LogP contribution in [0.15, 0.2) is 25.3 Å². The van der Waals surface area contributed by atoms with Crippen molar-refractivity contribution in [1.82, 2.24) is 4.90 Å². The summed E-state index contributed by atoms with van der Waals surface area (Å²) >= 11 is 0. The average Bonchev–Trinajstić information content (AvgIpc) is 2.19. The number of hydrogen-bond donors (Lipinski definition) is 0. The van der Waals surface area contributed by atoms with Crippen molar-refractivity contribution in [2.75, 3.05) is 19.8 Å². The predicted octanol–water partition coefficient (Wildman–Crippen LogP) is 1.61. The molecule has 1 saturated heterocycles. The lowest BCUT2D eigenvalue weighted by Crippen LogP contribution is -2.46. The van der Waals surface area contributed by atoms with E-state index in [1.807, 2.05) is 13.8 Å². The second-order valence-electron chi connectivity index (χ2n) is 3.07. The van der Waals surface area contributed by atoms with Crippen LogP contribution in [0.5, 0.6) is 0 Å². The molecule has 0 aromatic rings. The van der Waals surface area contributed by atoms with Crippen molar-refractivity contribution >= 4 is 5.91 Å². The zero-order valence-corrected chi connectivity index (χ0v) is 9.03. The van der Waals surface area contributed by atoms with E-state index < -0.39 is 0 Å². The lowest BCUT2D eigenvalue weighted by molar-refractivity contribution is -0.133. The van der Waals surface area contributed by atoms with E-state index in [-0.39, 0.29) is 11.9 Å². The predicted molar refractivity (Wildman–Crippen MR) is 58.1 cm³/mol. The maximum atomic E-state index is 11.1. The Morgan fingerprint density at radius 2 is 2.14 bits per heavy atom. The average molecular weight is 197 g/mol. The molecule has 1 amide bonds. The van der Waals surface area contributed by atoms with Crippen LogP contribution in [0, 0.1) is 0 Å². The third-order valence-electron chi connectivity index (χ3n) is 1.83. The van der Waals surface area contributed by atoms with Gasteiger partial charge in [-0.05, 0) is 19.9 Å². The van der Waals surface area contributed by atoms with Gasteiger partial charge >= 0.3 is 0 Å². The van der Waals surface area contributed by atoms with Gasteiger partial charge in [0.25, 0.3) is 0 Å². The van der Waals surface area contributed by atoms with Gasteiger partial charge in [0.15, 0.2) is 0 Å². The molecule has 0 saturated carbocycles. The molecule has 0 aromatic heterocycles. The van der Waals surface area contributed by atoms with Crippen LogP contribution in [0.3, 0.4) is 0 Å². The monoisotopic (exact) mass is 197 g/mol. The zero-order valence-electron chi connectivity index (χ0n) is 9.03. The van der Waals surface area contributed by atoms with Gasteiger partial charge in [0.2, 0.25) is 5.91 Å². The van der Waals surface area contributed by atoms with E-state index in [0.717, 1.165) is 0 Å². The molecule has 1 aliphatic heterocycles. The number of nitrogens with zero attached hydrogens (tertiary/aromatic N) is 1. The Hall–Kier alpha value is -1.09. The lowest BCUT2D eigenvalue weighted by Gasteiger charge is -2.32. The number of carbonyl (C=O) groups is 1. The fourth-order valence-corrected chi connectivity index (χ4v) is 1.17. The highest BCUT2D eigenvalue weighted by Crippen LogP contribution is 2.05. The van der Waals surface area contributed by atoms with Crippen LogP contribution in [0.25, 0.3) is 0 Å². The van der Waals surface area contributed by atoms with Gasteiger partial charge in [0.05, 0.1) is 19.3 Å². The molecule has 0 aliphatic carbocycles. The third-order valence-corrected chi connectivity index (χ3v) is 1.83. The van der Waals surface area contributed by atoms with Gasteiger partial charge in [-0.1, -0.05) is 12.7 Å². The molecule has 0 radical (unpaired) electrons. The molecule has 3 heteroatoms. The van der Waals surface area contributed by atoms with E-state index in [9.17, 15) is 4.79 Å². The van der Waals surface area contributed by atoms with Gasteiger partial charge in [-0.15, -0.1) is 6.58 Å². The molecule has 3 nitrogen and oxygen atoms in total. The first-order chi connectivity index (χ1) is 6.67. The number of rotatable bonds is 1. The molecule has 1 heterocycles. The zero-order chi connectivity index (χ0) is 11.0. The molecule has 0 spiro atoms. The maximum absolute atomic E-state index is 11.1. The molecule has 1 unspecified atom stereocenters. The first kappa shape index (κ1) is 12.9. The number of ether oxygens (including phenoxy) is 1. The summed E-state index contributed by atoms with van der Waals surface area (Å²) in [6, 6.07) is 0.189. The summed E-state index contributed by atoms with van der Waals surface area (Å²) in [4.78, 5) is 12.9. The maximum Gasteiger partial charge on any atom is 0.246 e. The molecule has 1 rings (SSSR count). The van der Waals surface area contributed by atoms with Crippen LogP contribution < -0.4 is 0 Å². The van der Waals surface area contributed by atoms with Crippen molar-refractivity contribution in [3.8, 4) is 0 Å². The summed E-state index contributed by atoms with van der Waals surface area (Å²) in [5, 5.41) is 0. The van der Waals surface area contributed by atoms with Gasteiger partial charge in [0.1, 0.15) is 0 Å². The van der Waals surface area contributed by atoms with E-state index >= 15 is 0 Å². The first-order valence-electron chi connectivity index (χ1n) is 4.75. The van der Waals surface area contributed by atoms with Crippen LogP contribution in [0.1, 0.15) is 13.8 Å². The molecule has 80 valence electrons. The van der Waals surface area contributed by atoms with Crippen molar-refractivity contribution in [1.29, 1.82) is 0 Å². The van der Waals surface area contributed by atoms with Gasteiger partial charge in [-0.25, -0.2) is 0 Å². The number of hydrogen-bond acceptors (Lipinski definition) is 2. The number of morpholine rings is 1. The molecule has 1 fully saturated rings. The van der Waals surface area contributed by atoms with Gasteiger partial charge in [-0.3, -0.25) is 4.79 Å². The molecule has 0 aromatic carbocycles. The Morgan fingerprint density at radius 1 is 1.57 bits per heavy atom. The van der Waals surface area contributed by atoms with Crippen LogP contribution >= 0.6 is 0 Å². The summed E-state index contributed by atoms with van der Waals surface area (Å²) in [6.45, 7) is 12.6. The van der Waals surface area contributed by atoms with E-state index in [2.05, 4.69) is 13.2 Å². The second-order valence-corrected chi connectivity index (χ2v) is 3.07. The number of allylic oxidation sites excluding steroid dienone is 1. The minimum atomic E-state index is 0.000741. The van der Waals surface area contributed by atoms with E-state index in [1.54, 1.807) is 11.0 Å². The lowest BCUT2D eigenvalue weighted by atomic mass is 10.2. The summed E-state index contributed by atoms with van der Waals surface area (Å²) in [5.41, 5.74) is 0. The number of amides is 1. The largest absolute Gasteiger partial charge is 0.377 e. The Bertz CT molecular complexity index is 201. The molecule has 1 aliphatic rings. The Kier molecular flexibility index (Phi) is 6.76. The standard InChI is InChI=1S/C8H13NO2.C3H6/c1-3-8(10)9-4-5-11-6-7(9)2;1-3-2/h3,7H,1,4-6H2,2H3;3H,1H2,2H3. The molecule has 1 atom stereocenters. The second kappa shape index (κ2) is 7.33. The smallest absolute Gasteiger partial charge is 0.246 e. The summed E-state index contributed by atoms with van der Waals surface area (Å²) in [7, 11) is 0. The van der Waals surface area contributed by atoms with E-state index in [1.165, 1.54) is 6.08 Å². The van der Waals surface area contributed by atoms with Crippen molar-refractivity contribution in [2.24, 2.45) is 0 Å². The molecule has 0 bridgehead atoms. The third kappa shape index (κ3) is 4.23. The number of carbonyl (C=O) groups excluding carboxylic acids is 1. The summed E-state index contributed by atoms with van der Waals surface area (Å²) in [5.74, 6) is 0.000741. The van der Waals surface area contributed by atoms with Crippen LogP contribution in [0.2, 0.25) is 0 Å². The Morgan fingerprint density at radius 3 is 2.57 bits per heavy atom. The molecular weight excluding hydrogens is 178 g/mol. The van der Waals surface area contributed by atoms with Crippen molar-refractivity contribution in [2.45, 2.75) is 19.9 Å². The topological polar surface area (TPSA) is 29.5 Å². The Labute approximate surface area is 86.0 Å². The van der Waals surface area contributed by atoms with Crippen LogP contribution in [-0.4, -0.2) is 36.6 Å². The van der Waals surface area contributed by atoms with Gasteiger partial charge in [0, 0.05) is 6.54 Å². The Balaban J connectivity index is 0.000000500. The molecule has 0 N–H and O–H groups in total. The van der Waals surface area contributed by atoms with Crippen molar-refractivity contribution in [3.63, 3.8) is 0 Å². The summed E-state index contributed by atoms with van der Waals surface area (Å²) < 4.78 is 5.18. The van der Waals surface area contributed by atoms with E-state index in [4.69, 9.17) is 4.74 Å². The first-order valence-corrected chi connectivity index (χ1v) is 4.75. The molecular formula is C11H19NO2.